The van der Waals surface area contributed by atoms with Crippen LogP contribution in [0.1, 0.15) is 5.56 Å². The van der Waals surface area contributed by atoms with Crippen LogP contribution in [0.15, 0.2) is 91.4 Å². The van der Waals surface area contributed by atoms with Crippen molar-refractivity contribution in [2.24, 2.45) is 0 Å². The number of methoxy groups -OCH3 is 1. The maximum Gasteiger partial charge on any atom is 0.215 e. The SMILES string of the molecule is COc1cc2nccc(Oc3ccc(Nc4nnc(-c5ccc(C)cn5)c5ccccc45)cc3)c2cn1. The van der Waals surface area contributed by atoms with Gasteiger partial charge in [0.2, 0.25) is 5.88 Å². The van der Waals surface area contributed by atoms with E-state index in [1.807, 2.05) is 79.9 Å². The van der Waals surface area contributed by atoms with E-state index in [2.05, 4.69) is 30.5 Å². The van der Waals surface area contributed by atoms with Crippen LogP contribution in [0, 0.1) is 6.92 Å². The van der Waals surface area contributed by atoms with Crippen molar-refractivity contribution in [2.45, 2.75) is 6.92 Å². The lowest BCUT2D eigenvalue weighted by atomic mass is 10.1. The van der Waals surface area contributed by atoms with Gasteiger partial charge in [-0.1, -0.05) is 30.3 Å². The van der Waals surface area contributed by atoms with Crippen molar-refractivity contribution in [1.29, 1.82) is 0 Å². The lowest BCUT2D eigenvalue weighted by Crippen LogP contribution is -2.00. The largest absolute Gasteiger partial charge is 0.481 e. The number of pyridine rings is 3. The molecular weight excluding hydrogens is 464 g/mol. The molecule has 4 aromatic heterocycles. The van der Waals surface area contributed by atoms with Gasteiger partial charge in [-0.3, -0.25) is 9.97 Å². The molecule has 0 amide bonds. The number of hydrogen-bond donors (Lipinski definition) is 1. The molecule has 8 heteroatoms. The second-order valence-electron chi connectivity index (χ2n) is 8.47. The molecule has 6 rings (SSSR count). The number of ether oxygens (including phenoxy) is 2. The summed E-state index contributed by atoms with van der Waals surface area (Å²) in [4.78, 5) is 13.2. The third kappa shape index (κ3) is 4.48. The summed E-state index contributed by atoms with van der Waals surface area (Å²) >= 11 is 0. The van der Waals surface area contributed by atoms with Crippen LogP contribution in [0.4, 0.5) is 11.5 Å². The van der Waals surface area contributed by atoms with Crippen LogP contribution in [0.25, 0.3) is 33.1 Å². The van der Waals surface area contributed by atoms with Crippen LogP contribution in [-0.4, -0.2) is 32.3 Å². The predicted molar refractivity (Wildman–Crippen MR) is 143 cm³/mol. The Kier molecular flexibility index (Phi) is 5.74. The Bertz CT molecular complexity index is 1720. The molecule has 0 aliphatic rings. The molecule has 0 bridgehead atoms. The number of aryl methyl sites for hydroxylation is 1. The summed E-state index contributed by atoms with van der Waals surface area (Å²) in [5, 5.41) is 15.1. The molecule has 0 saturated carbocycles. The Balaban J connectivity index is 1.26. The van der Waals surface area contributed by atoms with Crippen molar-refractivity contribution in [3.05, 3.63) is 97.0 Å². The second kappa shape index (κ2) is 9.50. The van der Waals surface area contributed by atoms with Gasteiger partial charge in [-0.2, -0.15) is 0 Å². The molecule has 2 aromatic carbocycles. The van der Waals surface area contributed by atoms with Crippen LogP contribution in [0.5, 0.6) is 17.4 Å². The average molecular weight is 487 g/mol. The van der Waals surface area contributed by atoms with Crippen molar-refractivity contribution >= 4 is 33.2 Å². The fourth-order valence-corrected chi connectivity index (χ4v) is 4.06. The third-order valence-corrected chi connectivity index (χ3v) is 5.96. The zero-order chi connectivity index (χ0) is 25.2. The minimum absolute atomic E-state index is 0.506. The van der Waals surface area contributed by atoms with Crippen LogP contribution < -0.4 is 14.8 Å². The topological polar surface area (TPSA) is 94.9 Å². The summed E-state index contributed by atoms with van der Waals surface area (Å²) in [6.07, 6.45) is 5.24. The van der Waals surface area contributed by atoms with E-state index >= 15 is 0 Å². The highest BCUT2D eigenvalue weighted by Crippen LogP contribution is 2.32. The van der Waals surface area contributed by atoms with Crippen molar-refractivity contribution in [3.8, 4) is 28.8 Å². The number of benzene rings is 2. The Labute approximate surface area is 213 Å². The quantitative estimate of drug-likeness (QED) is 0.285. The van der Waals surface area contributed by atoms with Crippen LogP contribution >= 0.6 is 0 Å². The Morgan fingerprint density at radius 2 is 1.59 bits per heavy atom. The number of fused-ring (bicyclic) bond motifs is 2. The number of nitrogens with zero attached hydrogens (tertiary/aromatic N) is 5. The highest BCUT2D eigenvalue weighted by molar-refractivity contribution is 6.00. The summed E-state index contributed by atoms with van der Waals surface area (Å²) < 4.78 is 11.3. The minimum Gasteiger partial charge on any atom is -0.481 e. The first-order valence-electron chi connectivity index (χ1n) is 11.7. The Morgan fingerprint density at radius 1 is 0.757 bits per heavy atom. The summed E-state index contributed by atoms with van der Waals surface area (Å²) in [6.45, 7) is 2.01. The van der Waals surface area contributed by atoms with Gasteiger partial charge >= 0.3 is 0 Å². The van der Waals surface area contributed by atoms with E-state index in [-0.39, 0.29) is 0 Å². The molecule has 0 fully saturated rings. The Hall–Kier alpha value is -5.11. The number of rotatable bonds is 6. The first kappa shape index (κ1) is 22.4. The average Bonchev–Trinajstić information content (AvgIpc) is 2.95. The van der Waals surface area contributed by atoms with E-state index < -0.39 is 0 Å². The Morgan fingerprint density at radius 3 is 2.38 bits per heavy atom. The number of anilines is 2. The highest BCUT2D eigenvalue weighted by Gasteiger charge is 2.12. The molecule has 0 atom stereocenters. The molecule has 0 aliphatic carbocycles. The zero-order valence-electron chi connectivity index (χ0n) is 20.2. The van der Waals surface area contributed by atoms with E-state index in [1.54, 1.807) is 25.6 Å². The third-order valence-electron chi connectivity index (χ3n) is 5.96. The first-order chi connectivity index (χ1) is 18.2. The van der Waals surface area contributed by atoms with Gasteiger partial charge in [-0.25, -0.2) is 4.98 Å². The summed E-state index contributed by atoms with van der Waals surface area (Å²) in [7, 11) is 1.58. The molecule has 0 spiro atoms. The molecule has 6 aromatic rings. The molecule has 8 nitrogen and oxygen atoms in total. The molecule has 0 aliphatic heterocycles. The molecule has 180 valence electrons. The molecular formula is C29H22N6O2. The van der Waals surface area contributed by atoms with E-state index in [0.29, 0.717) is 23.2 Å². The second-order valence-corrected chi connectivity index (χ2v) is 8.47. The fourth-order valence-electron chi connectivity index (χ4n) is 4.06. The van der Waals surface area contributed by atoms with Gasteiger partial charge in [-0.15, -0.1) is 10.2 Å². The van der Waals surface area contributed by atoms with Crippen molar-refractivity contribution in [3.63, 3.8) is 0 Å². The molecule has 0 radical (unpaired) electrons. The van der Waals surface area contributed by atoms with Gasteiger partial charge in [0.1, 0.15) is 17.2 Å². The lowest BCUT2D eigenvalue weighted by molar-refractivity contribution is 0.398. The van der Waals surface area contributed by atoms with Gasteiger partial charge < -0.3 is 14.8 Å². The number of aromatic nitrogens is 5. The highest BCUT2D eigenvalue weighted by atomic mass is 16.5. The zero-order valence-corrected chi connectivity index (χ0v) is 20.2. The van der Waals surface area contributed by atoms with Gasteiger partial charge in [0, 0.05) is 41.1 Å². The first-order valence-corrected chi connectivity index (χ1v) is 11.7. The summed E-state index contributed by atoms with van der Waals surface area (Å²) in [6, 6.07) is 23.3. The summed E-state index contributed by atoms with van der Waals surface area (Å²) in [5.74, 6) is 2.52. The van der Waals surface area contributed by atoms with Gasteiger partial charge in [0.25, 0.3) is 0 Å². The number of nitrogens with one attached hydrogen (secondary N) is 1. The molecule has 37 heavy (non-hydrogen) atoms. The van der Waals surface area contributed by atoms with Gasteiger partial charge in [-0.05, 0) is 48.9 Å². The monoisotopic (exact) mass is 486 g/mol. The van der Waals surface area contributed by atoms with Gasteiger partial charge in [0.15, 0.2) is 5.82 Å². The van der Waals surface area contributed by atoms with E-state index in [4.69, 9.17) is 9.47 Å². The molecule has 0 saturated heterocycles. The van der Waals surface area contributed by atoms with E-state index in [9.17, 15) is 0 Å². The standard InChI is InChI=1S/C29H22N6O2/c1-18-7-12-24(31-16-18)28-21-5-3-4-6-22(21)29(35-34-28)33-19-8-10-20(11-9-19)37-26-13-14-30-25-15-27(36-2)32-17-23(25)26/h3-17H,1-2H3,(H,33,35). The van der Waals surface area contributed by atoms with Crippen molar-refractivity contribution < 1.29 is 9.47 Å². The maximum absolute atomic E-state index is 6.13. The number of hydrogen-bond acceptors (Lipinski definition) is 8. The van der Waals surface area contributed by atoms with Crippen LogP contribution in [0.2, 0.25) is 0 Å². The molecule has 4 heterocycles. The van der Waals surface area contributed by atoms with E-state index in [0.717, 1.165) is 44.3 Å². The van der Waals surface area contributed by atoms with Crippen LogP contribution in [-0.2, 0) is 0 Å². The lowest BCUT2D eigenvalue weighted by Gasteiger charge is -2.12. The van der Waals surface area contributed by atoms with Crippen molar-refractivity contribution in [1.82, 2.24) is 25.1 Å². The molecule has 1 N–H and O–H groups in total. The van der Waals surface area contributed by atoms with Crippen molar-refractivity contribution in [2.75, 3.05) is 12.4 Å². The predicted octanol–water partition coefficient (Wildman–Crippen LogP) is 6.49. The fraction of sp³-hybridized carbons (Fsp3) is 0.0690. The smallest absolute Gasteiger partial charge is 0.215 e. The summed E-state index contributed by atoms with van der Waals surface area (Å²) in [5.41, 5.74) is 4.25. The van der Waals surface area contributed by atoms with Crippen LogP contribution in [0.3, 0.4) is 0 Å². The molecule has 0 unspecified atom stereocenters. The normalized spacial score (nSPS) is 11.0. The van der Waals surface area contributed by atoms with Gasteiger partial charge in [0.05, 0.1) is 23.7 Å². The minimum atomic E-state index is 0.506. The maximum atomic E-state index is 6.13. The van der Waals surface area contributed by atoms with E-state index in [1.165, 1.54) is 0 Å².